The van der Waals surface area contributed by atoms with Gasteiger partial charge in [0.05, 0.1) is 28.9 Å². The second-order valence-electron chi connectivity index (χ2n) is 6.26. The zero-order chi connectivity index (χ0) is 19.9. The normalized spacial score (nSPS) is 11.6. The highest BCUT2D eigenvalue weighted by atomic mass is 35.5. The van der Waals surface area contributed by atoms with Crippen LogP contribution >= 0.6 is 11.6 Å². The van der Waals surface area contributed by atoms with E-state index in [9.17, 15) is 15.0 Å². The summed E-state index contributed by atoms with van der Waals surface area (Å²) in [7, 11) is 0. The fourth-order valence-electron chi connectivity index (χ4n) is 2.89. The lowest BCUT2D eigenvalue weighted by atomic mass is 10.0. The third kappa shape index (κ3) is 4.63. The maximum absolute atomic E-state index is 11.8. The Morgan fingerprint density at radius 3 is 2.32 bits per heavy atom. The minimum atomic E-state index is -1.04. The van der Waals surface area contributed by atoms with Crippen molar-refractivity contribution in [1.29, 1.82) is 0 Å². The SMILES string of the molecule is O=C(O)c1cccc(NCC(O)CCl)c1Nc1ccccc1-c1ccccc1. The molecular weight excluding hydrogens is 376 g/mol. The van der Waals surface area contributed by atoms with Gasteiger partial charge < -0.3 is 20.8 Å². The molecule has 0 heterocycles. The number of aliphatic hydroxyl groups is 1. The van der Waals surface area contributed by atoms with Crippen LogP contribution in [0.2, 0.25) is 0 Å². The Morgan fingerprint density at radius 2 is 1.61 bits per heavy atom. The molecule has 0 aliphatic heterocycles. The Labute approximate surface area is 168 Å². The van der Waals surface area contributed by atoms with Crippen LogP contribution in [0.5, 0.6) is 0 Å². The minimum absolute atomic E-state index is 0.0885. The summed E-state index contributed by atoms with van der Waals surface area (Å²) >= 11 is 5.66. The van der Waals surface area contributed by atoms with Gasteiger partial charge in [-0.1, -0.05) is 54.6 Å². The lowest BCUT2D eigenvalue weighted by molar-refractivity contribution is 0.0698. The standard InChI is InChI=1S/C22H21ClN2O3/c23-13-16(26)14-24-20-12-6-10-18(22(27)28)21(20)25-19-11-5-4-9-17(19)15-7-2-1-3-8-15/h1-12,16,24-26H,13-14H2,(H,27,28). The molecule has 0 saturated carbocycles. The number of alkyl halides is 1. The van der Waals surface area contributed by atoms with Gasteiger partial charge in [-0.2, -0.15) is 0 Å². The van der Waals surface area contributed by atoms with Crippen molar-refractivity contribution < 1.29 is 15.0 Å². The number of carboxylic acid groups (broad SMARTS) is 1. The highest BCUT2D eigenvalue weighted by Crippen LogP contribution is 2.34. The van der Waals surface area contributed by atoms with Crippen LogP contribution in [0.1, 0.15) is 10.4 Å². The molecule has 144 valence electrons. The molecule has 6 heteroatoms. The van der Waals surface area contributed by atoms with Gasteiger partial charge in [-0.05, 0) is 23.8 Å². The largest absolute Gasteiger partial charge is 0.478 e. The first-order valence-corrected chi connectivity index (χ1v) is 9.39. The lowest BCUT2D eigenvalue weighted by Gasteiger charge is -2.19. The Bertz CT molecular complexity index is 948. The van der Waals surface area contributed by atoms with Crippen molar-refractivity contribution in [2.24, 2.45) is 0 Å². The first kappa shape index (κ1) is 19.7. The summed E-state index contributed by atoms with van der Waals surface area (Å²) in [6.45, 7) is 0.210. The molecule has 0 spiro atoms. The number of hydrogen-bond acceptors (Lipinski definition) is 4. The summed E-state index contributed by atoms with van der Waals surface area (Å²) in [5.74, 6) is -0.952. The molecule has 0 bridgehead atoms. The van der Waals surface area contributed by atoms with Crippen LogP contribution < -0.4 is 10.6 Å². The second-order valence-corrected chi connectivity index (χ2v) is 6.57. The molecule has 1 atom stereocenters. The number of anilines is 3. The predicted octanol–water partition coefficient (Wildman–Crippen LogP) is 4.81. The van der Waals surface area contributed by atoms with Gasteiger partial charge in [0.2, 0.25) is 0 Å². The molecular formula is C22H21ClN2O3. The molecule has 5 nitrogen and oxygen atoms in total. The summed E-state index contributed by atoms with van der Waals surface area (Å²) < 4.78 is 0. The monoisotopic (exact) mass is 396 g/mol. The maximum atomic E-state index is 11.8. The summed E-state index contributed by atoms with van der Waals surface area (Å²) in [4.78, 5) is 11.8. The topological polar surface area (TPSA) is 81.6 Å². The number of rotatable bonds is 8. The number of carboxylic acids is 1. The number of hydrogen-bond donors (Lipinski definition) is 4. The highest BCUT2D eigenvalue weighted by molar-refractivity contribution is 6.18. The molecule has 28 heavy (non-hydrogen) atoms. The van der Waals surface area contributed by atoms with Crippen LogP contribution in [0, 0.1) is 0 Å². The van der Waals surface area contributed by atoms with E-state index in [0.717, 1.165) is 16.8 Å². The molecule has 0 amide bonds. The van der Waals surface area contributed by atoms with Gasteiger partial charge in [-0.3, -0.25) is 0 Å². The maximum Gasteiger partial charge on any atom is 0.337 e. The van der Waals surface area contributed by atoms with E-state index in [2.05, 4.69) is 10.6 Å². The average Bonchev–Trinajstić information content (AvgIpc) is 2.73. The van der Waals surface area contributed by atoms with E-state index in [1.54, 1.807) is 18.2 Å². The van der Waals surface area contributed by atoms with Gasteiger partial charge in [0.1, 0.15) is 0 Å². The van der Waals surface area contributed by atoms with Gasteiger partial charge in [0.25, 0.3) is 0 Å². The number of para-hydroxylation sites is 2. The summed E-state index contributed by atoms with van der Waals surface area (Å²) in [5.41, 5.74) is 3.89. The predicted molar refractivity (Wildman–Crippen MR) is 114 cm³/mol. The van der Waals surface area contributed by atoms with E-state index in [-0.39, 0.29) is 18.0 Å². The minimum Gasteiger partial charge on any atom is -0.478 e. The van der Waals surface area contributed by atoms with Crippen LogP contribution in [0.3, 0.4) is 0 Å². The van der Waals surface area contributed by atoms with Crippen LogP contribution in [0.4, 0.5) is 17.1 Å². The molecule has 0 saturated heterocycles. The number of carbonyl (C=O) groups is 1. The average molecular weight is 397 g/mol. The van der Waals surface area contributed by atoms with Crippen molar-refractivity contribution in [3.05, 3.63) is 78.4 Å². The fraction of sp³-hybridized carbons (Fsp3) is 0.136. The molecule has 1 unspecified atom stereocenters. The van der Waals surface area contributed by atoms with E-state index in [1.807, 2.05) is 54.6 Å². The van der Waals surface area contributed by atoms with Gasteiger partial charge in [0.15, 0.2) is 0 Å². The highest BCUT2D eigenvalue weighted by Gasteiger charge is 2.16. The molecule has 3 aromatic rings. The summed E-state index contributed by atoms with van der Waals surface area (Å²) in [6, 6.07) is 22.5. The van der Waals surface area contributed by atoms with E-state index in [4.69, 9.17) is 11.6 Å². The van der Waals surface area contributed by atoms with E-state index in [1.165, 1.54) is 0 Å². The first-order chi connectivity index (χ1) is 13.6. The van der Waals surface area contributed by atoms with Crippen LogP contribution in [0.15, 0.2) is 72.8 Å². The third-order valence-corrected chi connectivity index (χ3v) is 4.63. The van der Waals surface area contributed by atoms with E-state index >= 15 is 0 Å². The van der Waals surface area contributed by atoms with Gasteiger partial charge in [0, 0.05) is 17.8 Å². The van der Waals surface area contributed by atoms with Crippen molar-refractivity contribution in [2.45, 2.75) is 6.10 Å². The van der Waals surface area contributed by atoms with Crippen molar-refractivity contribution >= 4 is 34.6 Å². The van der Waals surface area contributed by atoms with Crippen LogP contribution in [-0.2, 0) is 0 Å². The molecule has 0 radical (unpaired) electrons. The van der Waals surface area contributed by atoms with Crippen molar-refractivity contribution in [3.8, 4) is 11.1 Å². The number of nitrogens with one attached hydrogen (secondary N) is 2. The smallest absolute Gasteiger partial charge is 0.337 e. The number of halogens is 1. The molecule has 4 N–H and O–H groups in total. The van der Waals surface area contributed by atoms with Gasteiger partial charge in [-0.25, -0.2) is 4.79 Å². The molecule has 0 fully saturated rings. The Hall–Kier alpha value is -3.02. The van der Waals surface area contributed by atoms with Crippen molar-refractivity contribution in [2.75, 3.05) is 23.1 Å². The van der Waals surface area contributed by atoms with E-state index in [0.29, 0.717) is 11.4 Å². The Morgan fingerprint density at radius 1 is 0.929 bits per heavy atom. The fourth-order valence-corrected chi connectivity index (χ4v) is 3.00. The first-order valence-electron chi connectivity index (χ1n) is 8.86. The third-order valence-electron chi connectivity index (χ3n) is 4.27. The quantitative estimate of drug-likeness (QED) is 0.411. The summed E-state index contributed by atoms with van der Waals surface area (Å²) in [5, 5.41) is 25.7. The molecule has 0 aliphatic carbocycles. The molecule has 0 aromatic heterocycles. The number of benzene rings is 3. The van der Waals surface area contributed by atoms with Crippen molar-refractivity contribution in [3.63, 3.8) is 0 Å². The number of aromatic carboxylic acids is 1. The lowest BCUT2D eigenvalue weighted by Crippen LogP contribution is -2.21. The van der Waals surface area contributed by atoms with Gasteiger partial charge in [-0.15, -0.1) is 11.6 Å². The van der Waals surface area contributed by atoms with Crippen molar-refractivity contribution in [1.82, 2.24) is 0 Å². The zero-order valence-corrected chi connectivity index (χ0v) is 15.9. The molecule has 3 rings (SSSR count). The number of aliphatic hydroxyl groups excluding tert-OH is 1. The zero-order valence-electron chi connectivity index (χ0n) is 15.1. The molecule has 3 aromatic carbocycles. The Kier molecular flexibility index (Phi) is 6.53. The molecule has 0 aliphatic rings. The van der Waals surface area contributed by atoms with Crippen LogP contribution in [0.25, 0.3) is 11.1 Å². The van der Waals surface area contributed by atoms with E-state index < -0.39 is 12.1 Å². The van der Waals surface area contributed by atoms with Crippen LogP contribution in [-0.4, -0.2) is 34.7 Å². The second kappa shape index (κ2) is 9.26. The van der Waals surface area contributed by atoms with Gasteiger partial charge >= 0.3 is 5.97 Å². The Balaban J connectivity index is 2.01. The summed E-state index contributed by atoms with van der Waals surface area (Å²) in [6.07, 6.45) is -0.736.